The molecule has 0 unspecified atom stereocenters. The van der Waals surface area contributed by atoms with Crippen molar-refractivity contribution >= 4 is 35.0 Å². The van der Waals surface area contributed by atoms with Gasteiger partial charge < -0.3 is 10.6 Å². The Kier molecular flexibility index (Phi) is 4.43. The topological polar surface area (TPSA) is 77.0 Å². The third kappa shape index (κ3) is 3.48. The van der Waals surface area contributed by atoms with Crippen LogP contribution < -0.4 is 5.73 Å². The molecule has 0 saturated heterocycles. The van der Waals surface area contributed by atoms with E-state index in [1.165, 1.54) is 11.8 Å². The summed E-state index contributed by atoms with van der Waals surface area (Å²) in [5.41, 5.74) is 6.73. The summed E-state index contributed by atoms with van der Waals surface area (Å²) in [7, 11) is 3.57. The Morgan fingerprint density at radius 3 is 2.95 bits per heavy atom. The van der Waals surface area contributed by atoms with E-state index in [0.717, 1.165) is 5.56 Å². The predicted octanol–water partition coefficient (Wildman–Crippen LogP) is 1.21. The molecular weight excluding hydrogens is 282 g/mol. The predicted molar refractivity (Wildman–Crippen MR) is 76.9 cm³/mol. The first kappa shape index (κ1) is 13.9. The second kappa shape index (κ2) is 6.07. The second-order valence-electron chi connectivity index (χ2n) is 4.07. The van der Waals surface area contributed by atoms with Gasteiger partial charge in [-0.25, -0.2) is 0 Å². The number of hydrogen-bond acceptors (Lipinski definition) is 6. The maximum atomic E-state index is 12.0. The Bertz CT molecular complexity index is 551. The Morgan fingerprint density at radius 1 is 1.58 bits per heavy atom. The average molecular weight is 297 g/mol. The molecule has 0 spiro atoms. The second-order valence-corrected chi connectivity index (χ2v) is 5.79. The van der Waals surface area contributed by atoms with Gasteiger partial charge >= 0.3 is 0 Å². The molecule has 102 valence electrons. The molecule has 0 bridgehead atoms. The summed E-state index contributed by atoms with van der Waals surface area (Å²) in [5.74, 6) is 0.728. The van der Waals surface area contributed by atoms with Crippen LogP contribution in [0.3, 0.4) is 0 Å². The van der Waals surface area contributed by atoms with Crippen LogP contribution in [0.2, 0.25) is 0 Å². The normalized spacial score (nSPS) is 10.6. The molecule has 0 saturated carbocycles. The number of thiophene rings is 1. The molecule has 0 aliphatic carbocycles. The van der Waals surface area contributed by atoms with Crippen molar-refractivity contribution < 1.29 is 4.79 Å². The number of carbonyl (C=O) groups excluding carboxylic acids is 1. The van der Waals surface area contributed by atoms with E-state index in [9.17, 15) is 4.79 Å². The molecule has 2 rings (SSSR count). The molecule has 0 radical (unpaired) electrons. The number of anilines is 1. The lowest BCUT2D eigenvalue weighted by Gasteiger charge is -2.15. The minimum Gasteiger partial charge on any atom is -0.368 e. The van der Waals surface area contributed by atoms with Crippen LogP contribution in [0.25, 0.3) is 0 Å². The zero-order chi connectivity index (χ0) is 13.8. The van der Waals surface area contributed by atoms with Crippen LogP contribution in [-0.2, 0) is 18.4 Å². The summed E-state index contributed by atoms with van der Waals surface area (Å²) in [4.78, 5) is 13.7. The van der Waals surface area contributed by atoms with Gasteiger partial charge in [0.05, 0.1) is 5.75 Å². The van der Waals surface area contributed by atoms with E-state index in [4.69, 9.17) is 5.73 Å². The molecule has 0 atom stereocenters. The number of nitrogen functional groups attached to an aromatic ring is 1. The number of amides is 1. The van der Waals surface area contributed by atoms with Gasteiger partial charge in [0.15, 0.2) is 5.16 Å². The van der Waals surface area contributed by atoms with Crippen molar-refractivity contribution in [2.75, 3.05) is 18.5 Å². The SMILES string of the molecule is CN(Cc1ccsc1)C(=O)CSc1nnc(N)n1C. The van der Waals surface area contributed by atoms with Crippen molar-refractivity contribution in [2.45, 2.75) is 11.7 Å². The average Bonchev–Trinajstić information content (AvgIpc) is 2.99. The molecular formula is C11H15N5OS2. The number of rotatable bonds is 5. The van der Waals surface area contributed by atoms with Gasteiger partial charge in [0.1, 0.15) is 0 Å². The van der Waals surface area contributed by atoms with Crippen LogP contribution in [-0.4, -0.2) is 38.4 Å². The first-order valence-corrected chi connectivity index (χ1v) is 7.53. The lowest BCUT2D eigenvalue weighted by atomic mass is 10.3. The van der Waals surface area contributed by atoms with Crippen molar-refractivity contribution in [3.63, 3.8) is 0 Å². The number of nitrogens with zero attached hydrogens (tertiary/aromatic N) is 4. The van der Waals surface area contributed by atoms with Crippen molar-refractivity contribution in [1.29, 1.82) is 0 Å². The molecule has 0 aliphatic heterocycles. The summed E-state index contributed by atoms with van der Waals surface area (Å²) in [6.45, 7) is 0.629. The highest BCUT2D eigenvalue weighted by Gasteiger charge is 2.13. The fourth-order valence-electron chi connectivity index (χ4n) is 1.43. The molecule has 2 aromatic rings. The lowest BCUT2D eigenvalue weighted by Crippen LogP contribution is -2.27. The molecule has 2 heterocycles. The highest BCUT2D eigenvalue weighted by Crippen LogP contribution is 2.17. The minimum absolute atomic E-state index is 0.0535. The van der Waals surface area contributed by atoms with Gasteiger partial charge in [-0.3, -0.25) is 9.36 Å². The largest absolute Gasteiger partial charge is 0.368 e. The molecule has 19 heavy (non-hydrogen) atoms. The van der Waals surface area contributed by atoms with E-state index >= 15 is 0 Å². The van der Waals surface area contributed by atoms with Crippen molar-refractivity contribution in [1.82, 2.24) is 19.7 Å². The van der Waals surface area contributed by atoms with Crippen molar-refractivity contribution in [3.05, 3.63) is 22.4 Å². The van der Waals surface area contributed by atoms with Crippen LogP contribution in [0.5, 0.6) is 0 Å². The first-order valence-electron chi connectivity index (χ1n) is 5.60. The number of aromatic nitrogens is 3. The number of nitrogens with two attached hydrogens (primary N) is 1. The third-order valence-corrected chi connectivity index (χ3v) is 4.36. The van der Waals surface area contributed by atoms with E-state index in [0.29, 0.717) is 23.4 Å². The Hall–Kier alpha value is -1.54. The molecule has 0 fully saturated rings. The van der Waals surface area contributed by atoms with Crippen LogP contribution in [0, 0.1) is 0 Å². The van der Waals surface area contributed by atoms with Gasteiger partial charge in [0.2, 0.25) is 11.9 Å². The van der Waals surface area contributed by atoms with E-state index in [1.807, 2.05) is 16.8 Å². The Labute approximate surface area is 119 Å². The van der Waals surface area contributed by atoms with Crippen LogP contribution in [0.15, 0.2) is 22.0 Å². The molecule has 1 amide bonds. The number of hydrogen-bond donors (Lipinski definition) is 1. The zero-order valence-electron chi connectivity index (χ0n) is 10.7. The van der Waals surface area contributed by atoms with Crippen LogP contribution in [0.1, 0.15) is 5.56 Å². The zero-order valence-corrected chi connectivity index (χ0v) is 12.4. The lowest BCUT2D eigenvalue weighted by molar-refractivity contribution is -0.127. The third-order valence-electron chi connectivity index (χ3n) is 2.62. The van der Waals surface area contributed by atoms with E-state index in [2.05, 4.69) is 10.2 Å². The fourth-order valence-corrected chi connectivity index (χ4v) is 2.95. The monoisotopic (exact) mass is 297 g/mol. The number of thioether (sulfide) groups is 1. The van der Waals surface area contributed by atoms with Crippen molar-refractivity contribution in [2.24, 2.45) is 7.05 Å². The molecule has 2 N–H and O–H groups in total. The maximum absolute atomic E-state index is 12.0. The summed E-state index contributed by atoms with van der Waals surface area (Å²) in [5, 5.41) is 12.3. The van der Waals surface area contributed by atoms with Crippen molar-refractivity contribution in [3.8, 4) is 0 Å². The Morgan fingerprint density at radius 2 is 2.37 bits per heavy atom. The minimum atomic E-state index is 0.0535. The molecule has 6 nitrogen and oxygen atoms in total. The Balaban J connectivity index is 1.85. The standard InChI is InChI=1S/C11H15N5OS2/c1-15(5-8-3-4-18-6-8)9(17)7-19-11-14-13-10(12)16(11)2/h3-4,6H,5,7H2,1-2H3,(H2,12,13). The van der Waals surface area contributed by atoms with E-state index < -0.39 is 0 Å². The van der Waals surface area contributed by atoms with E-state index in [1.54, 1.807) is 34.9 Å². The fraction of sp³-hybridized carbons (Fsp3) is 0.364. The van der Waals surface area contributed by atoms with Crippen LogP contribution >= 0.6 is 23.1 Å². The number of carbonyl (C=O) groups is 1. The maximum Gasteiger partial charge on any atom is 0.233 e. The smallest absolute Gasteiger partial charge is 0.233 e. The highest BCUT2D eigenvalue weighted by molar-refractivity contribution is 7.99. The quantitative estimate of drug-likeness (QED) is 0.839. The summed E-state index contributed by atoms with van der Waals surface area (Å²) >= 11 is 2.97. The van der Waals surface area contributed by atoms with Gasteiger partial charge in [-0.2, -0.15) is 11.3 Å². The van der Waals surface area contributed by atoms with Crippen LogP contribution in [0.4, 0.5) is 5.95 Å². The van der Waals surface area contributed by atoms with Gasteiger partial charge in [-0.15, -0.1) is 10.2 Å². The van der Waals surface area contributed by atoms with Gasteiger partial charge in [-0.05, 0) is 22.4 Å². The summed E-state index contributed by atoms with van der Waals surface area (Å²) in [6, 6.07) is 2.02. The molecule has 8 heteroatoms. The van der Waals surface area contributed by atoms with E-state index in [-0.39, 0.29) is 5.91 Å². The molecule has 0 aliphatic rings. The highest BCUT2D eigenvalue weighted by atomic mass is 32.2. The first-order chi connectivity index (χ1) is 9.08. The van der Waals surface area contributed by atoms with Gasteiger partial charge in [0, 0.05) is 20.6 Å². The van der Waals surface area contributed by atoms with Gasteiger partial charge in [-0.1, -0.05) is 11.8 Å². The molecule has 2 aromatic heterocycles. The molecule has 0 aromatic carbocycles. The van der Waals surface area contributed by atoms with Gasteiger partial charge in [0.25, 0.3) is 0 Å². The summed E-state index contributed by atoms with van der Waals surface area (Å²) in [6.07, 6.45) is 0. The summed E-state index contributed by atoms with van der Waals surface area (Å²) < 4.78 is 1.66.